The normalized spacial score (nSPS) is 11.8. The highest BCUT2D eigenvalue weighted by molar-refractivity contribution is 7.98. The summed E-state index contributed by atoms with van der Waals surface area (Å²) >= 11 is 1.30. The van der Waals surface area contributed by atoms with Crippen LogP contribution in [0, 0.1) is 4.91 Å². The van der Waals surface area contributed by atoms with E-state index in [9.17, 15) is 14.8 Å². The Labute approximate surface area is 119 Å². The summed E-state index contributed by atoms with van der Waals surface area (Å²) in [7, 11) is 0. The molecular formula is C13H11N3O3S. The van der Waals surface area contributed by atoms with Gasteiger partial charge in [0.2, 0.25) is 0 Å². The monoisotopic (exact) mass is 289 g/mol. The summed E-state index contributed by atoms with van der Waals surface area (Å²) < 4.78 is 0. The maximum atomic E-state index is 12.3. The molecular weight excluding hydrogens is 278 g/mol. The third-order valence-corrected chi connectivity index (χ3v) is 3.16. The highest BCUT2D eigenvalue weighted by Gasteiger charge is 2.25. The van der Waals surface area contributed by atoms with Crippen LogP contribution in [0.5, 0.6) is 5.75 Å². The van der Waals surface area contributed by atoms with E-state index in [0.717, 1.165) is 0 Å². The molecule has 0 aliphatic rings. The number of ketones is 1. The van der Waals surface area contributed by atoms with Crippen molar-refractivity contribution in [1.82, 2.24) is 9.97 Å². The largest absolute Gasteiger partial charge is 0.508 e. The molecule has 1 aromatic heterocycles. The van der Waals surface area contributed by atoms with Gasteiger partial charge in [-0.15, -0.1) is 4.91 Å². The molecule has 1 aromatic carbocycles. The number of rotatable bonds is 5. The van der Waals surface area contributed by atoms with Gasteiger partial charge in [-0.1, -0.05) is 29.1 Å². The lowest BCUT2D eigenvalue weighted by molar-refractivity contribution is 0.0959. The number of phenolic OH excluding ortho intramolecular Hbond substituents is 1. The number of thioether (sulfide) groups is 1. The van der Waals surface area contributed by atoms with Gasteiger partial charge in [0.05, 0.1) is 5.69 Å². The first-order valence-electron chi connectivity index (χ1n) is 5.68. The number of hydrogen-bond donors (Lipinski definition) is 1. The molecule has 0 saturated carbocycles. The lowest BCUT2D eigenvalue weighted by atomic mass is 10.0. The van der Waals surface area contributed by atoms with Gasteiger partial charge in [-0.05, 0) is 24.5 Å². The maximum absolute atomic E-state index is 12.3. The van der Waals surface area contributed by atoms with Crippen molar-refractivity contribution in [3.63, 3.8) is 0 Å². The Morgan fingerprint density at radius 2 is 2.20 bits per heavy atom. The molecule has 102 valence electrons. The molecule has 0 spiro atoms. The van der Waals surface area contributed by atoms with Gasteiger partial charge in [-0.25, -0.2) is 9.97 Å². The molecule has 1 atom stereocenters. The minimum absolute atomic E-state index is 0.0482. The number of phenols is 1. The van der Waals surface area contributed by atoms with Gasteiger partial charge in [0.25, 0.3) is 0 Å². The molecule has 0 aliphatic heterocycles. The molecule has 1 unspecified atom stereocenters. The molecule has 6 nitrogen and oxygen atoms in total. The predicted octanol–water partition coefficient (Wildman–Crippen LogP) is 2.59. The minimum atomic E-state index is -1.24. The highest BCUT2D eigenvalue weighted by Crippen LogP contribution is 2.23. The third kappa shape index (κ3) is 3.00. The number of aromatic hydroxyl groups is 1. The van der Waals surface area contributed by atoms with E-state index < -0.39 is 11.8 Å². The highest BCUT2D eigenvalue weighted by atomic mass is 32.2. The van der Waals surface area contributed by atoms with Crippen LogP contribution in [-0.2, 0) is 0 Å². The van der Waals surface area contributed by atoms with Crippen LogP contribution in [0.15, 0.2) is 46.9 Å². The van der Waals surface area contributed by atoms with Crippen molar-refractivity contribution in [2.45, 2.75) is 11.2 Å². The van der Waals surface area contributed by atoms with E-state index in [-0.39, 0.29) is 17.0 Å². The van der Waals surface area contributed by atoms with Crippen LogP contribution >= 0.6 is 11.8 Å². The van der Waals surface area contributed by atoms with E-state index in [0.29, 0.717) is 5.16 Å². The van der Waals surface area contributed by atoms with E-state index in [1.165, 1.54) is 48.3 Å². The first-order valence-corrected chi connectivity index (χ1v) is 6.91. The molecule has 2 aromatic rings. The van der Waals surface area contributed by atoms with E-state index in [1.807, 2.05) is 0 Å². The number of hydrogen-bond acceptors (Lipinski definition) is 7. The average Bonchev–Trinajstić information content (AvgIpc) is 2.48. The van der Waals surface area contributed by atoms with Crippen molar-refractivity contribution in [3.8, 4) is 5.75 Å². The molecule has 0 amide bonds. The van der Waals surface area contributed by atoms with E-state index >= 15 is 0 Å². The second kappa shape index (κ2) is 6.25. The molecule has 0 fully saturated rings. The first kappa shape index (κ1) is 14.1. The van der Waals surface area contributed by atoms with E-state index in [4.69, 9.17) is 0 Å². The summed E-state index contributed by atoms with van der Waals surface area (Å²) in [6.07, 6.45) is 3.27. The maximum Gasteiger partial charge on any atom is 0.197 e. The van der Waals surface area contributed by atoms with Gasteiger partial charge in [0.15, 0.2) is 17.0 Å². The molecule has 0 radical (unpaired) electrons. The fourth-order valence-corrected chi connectivity index (χ4v) is 2.02. The molecule has 1 heterocycles. The van der Waals surface area contributed by atoms with Crippen LogP contribution in [0.3, 0.4) is 0 Å². The molecule has 20 heavy (non-hydrogen) atoms. The summed E-state index contributed by atoms with van der Waals surface area (Å²) in [5.41, 5.74) is 0.451. The molecule has 0 aliphatic carbocycles. The fourth-order valence-electron chi connectivity index (χ4n) is 1.66. The summed E-state index contributed by atoms with van der Waals surface area (Å²) in [6.45, 7) is 0. The van der Waals surface area contributed by atoms with Crippen molar-refractivity contribution >= 4 is 17.5 Å². The lowest BCUT2D eigenvalue weighted by Gasteiger charge is -2.08. The van der Waals surface area contributed by atoms with Gasteiger partial charge >= 0.3 is 0 Å². The lowest BCUT2D eigenvalue weighted by Crippen LogP contribution is -2.12. The van der Waals surface area contributed by atoms with Crippen molar-refractivity contribution in [2.24, 2.45) is 5.18 Å². The zero-order valence-corrected chi connectivity index (χ0v) is 11.4. The third-order valence-electron chi connectivity index (χ3n) is 2.60. The SMILES string of the molecule is CSc1nccc(C(N=O)C(=O)c2cccc(O)c2)n1. The second-order valence-corrected chi connectivity index (χ2v) is 4.66. The molecule has 0 saturated heterocycles. The van der Waals surface area contributed by atoms with Crippen LogP contribution in [0.25, 0.3) is 0 Å². The van der Waals surface area contributed by atoms with Crippen LogP contribution in [-0.4, -0.2) is 27.1 Å². The zero-order chi connectivity index (χ0) is 14.5. The number of carbonyl (C=O) groups is 1. The predicted molar refractivity (Wildman–Crippen MR) is 74.8 cm³/mol. The number of carbonyl (C=O) groups excluding carboxylic acids is 1. The fraction of sp³-hybridized carbons (Fsp3) is 0.154. The van der Waals surface area contributed by atoms with E-state index in [1.54, 1.807) is 6.26 Å². The quantitative estimate of drug-likeness (QED) is 0.393. The van der Waals surface area contributed by atoms with Gasteiger partial charge < -0.3 is 5.11 Å². The van der Waals surface area contributed by atoms with Gasteiger partial charge in [0.1, 0.15) is 5.75 Å². The second-order valence-electron chi connectivity index (χ2n) is 3.89. The van der Waals surface area contributed by atoms with Gasteiger partial charge in [0, 0.05) is 11.8 Å². The number of nitroso groups, excluding NO2 is 1. The number of Topliss-reactive ketones (excluding diaryl/α,β-unsaturated/α-hetero) is 1. The van der Waals surface area contributed by atoms with Crippen LogP contribution in [0.2, 0.25) is 0 Å². The Morgan fingerprint density at radius 3 is 2.85 bits per heavy atom. The van der Waals surface area contributed by atoms with Crippen LogP contribution in [0.4, 0.5) is 0 Å². The summed E-state index contributed by atoms with van der Waals surface area (Å²) in [6, 6.07) is 6.00. The minimum Gasteiger partial charge on any atom is -0.508 e. The topological polar surface area (TPSA) is 92.5 Å². The number of nitrogens with zero attached hydrogens (tertiary/aromatic N) is 3. The number of aromatic nitrogens is 2. The zero-order valence-electron chi connectivity index (χ0n) is 10.6. The average molecular weight is 289 g/mol. The Balaban J connectivity index is 2.36. The molecule has 7 heteroatoms. The van der Waals surface area contributed by atoms with Gasteiger partial charge in [-0.3, -0.25) is 4.79 Å². The van der Waals surface area contributed by atoms with E-state index in [2.05, 4.69) is 15.1 Å². The molecule has 0 bridgehead atoms. The Morgan fingerprint density at radius 1 is 1.40 bits per heavy atom. The molecule has 1 N–H and O–H groups in total. The van der Waals surface area contributed by atoms with Crippen molar-refractivity contribution in [1.29, 1.82) is 0 Å². The van der Waals surface area contributed by atoms with Crippen molar-refractivity contribution < 1.29 is 9.90 Å². The van der Waals surface area contributed by atoms with Gasteiger partial charge in [-0.2, -0.15) is 0 Å². The smallest absolute Gasteiger partial charge is 0.197 e. The summed E-state index contributed by atoms with van der Waals surface area (Å²) in [5.74, 6) is -0.561. The Kier molecular flexibility index (Phi) is 4.41. The van der Waals surface area contributed by atoms with Crippen molar-refractivity contribution in [3.05, 3.63) is 52.7 Å². The first-order chi connectivity index (χ1) is 9.65. The molecule has 2 rings (SSSR count). The summed E-state index contributed by atoms with van der Waals surface area (Å²) in [5, 5.41) is 12.7. The van der Waals surface area contributed by atoms with Crippen molar-refractivity contribution in [2.75, 3.05) is 6.26 Å². The Hall–Kier alpha value is -2.28. The van der Waals surface area contributed by atoms with Crippen LogP contribution in [0.1, 0.15) is 22.1 Å². The van der Waals surface area contributed by atoms with Crippen LogP contribution < -0.4 is 0 Å². The standard InChI is InChI=1S/C13H11N3O3S/c1-20-13-14-6-5-10(15-13)11(16-19)12(18)8-3-2-4-9(17)7-8/h2-7,11,17H,1H3. The summed E-state index contributed by atoms with van der Waals surface area (Å²) in [4.78, 5) is 31.3. The number of benzene rings is 1. The Bertz CT molecular complexity index is 648.